The molecular formula is C14H27NO2. The molecule has 1 saturated carbocycles. The van der Waals surface area contributed by atoms with Gasteiger partial charge in [-0.2, -0.15) is 0 Å². The number of aliphatic hydroxyl groups is 1. The molecule has 0 spiro atoms. The Bertz CT molecular complexity index is 246. The first-order valence-corrected chi connectivity index (χ1v) is 7.12. The Labute approximate surface area is 105 Å². The van der Waals surface area contributed by atoms with E-state index in [1.54, 1.807) is 0 Å². The molecule has 100 valence electrons. The highest BCUT2D eigenvalue weighted by Gasteiger charge is 2.36. The summed E-state index contributed by atoms with van der Waals surface area (Å²) in [4.78, 5) is 2.48. The van der Waals surface area contributed by atoms with Crippen LogP contribution in [0.15, 0.2) is 0 Å². The lowest BCUT2D eigenvalue weighted by molar-refractivity contribution is -0.0773. The number of hydrogen-bond acceptors (Lipinski definition) is 3. The zero-order chi connectivity index (χ0) is 12.3. The molecule has 0 amide bonds. The number of rotatable bonds is 2. The van der Waals surface area contributed by atoms with Gasteiger partial charge in [0.2, 0.25) is 0 Å². The van der Waals surface area contributed by atoms with Crippen LogP contribution in [0.5, 0.6) is 0 Å². The van der Waals surface area contributed by atoms with E-state index >= 15 is 0 Å². The van der Waals surface area contributed by atoms with E-state index in [1.807, 2.05) is 7.11 Å². The van der Waals surface area contributed by atoms with Gasteiger partial charge in [-0.05, 0) is 39.2 Å². The number of piperidine rings is 1. The molecule has 0 bridgehead atoms. The molecule has 1 aliphatic heterocycles. The first kappa shape index (κ1) is 13.3. The third-order valence-corrected chi connectivity index (χ3v) is 4.59. The van der Waals surface area contributed by atoms with Gasteiger partial charge in [0.15, 0.2) is 0 Å². The largest absolute Gasteiger partial charge is 0.391 e. The van der Waals surface area contributed by atoms with E-state index < -0.39 is 0 Å². The van der Waals surface area contributed by atoms with E-state index in [9.17, 15) is 5.11 Å². The van der Waals surface area contributed by atoms with E-state index in [0.717, 1.165) is 32.4 Å². The minimum atomic E-state index is -0.128. The van der Waals surface area contributed by atoms with Crippen molar-refractivity contribution in [3.63, 3.8) is 0 Å². The Morgan fingerprint density at radius 2 is 1.94 bits per heavy atom. The van der Waals surface area contributed by atoms with Crippen LogP contribution in [0.4, 0.5) is 0 Å². The summed E-state index contributed by atoms with van der Waals surface area (Å²) in [6.07, 6.45) is 8.07. The molecule has 2 aliphatic rings. The van der Waals surface area contributed by atoms with Crippen LogP contribution in [0.25, 0.3) is 0 Å². The summed E-state index contributed by atoms with van der Waals surface area (Å²) in [6, 6.07) is 0.368. The third-order valence-electron chi connectivity index (χ3n) is 4.59. The standard InChI is InChI=1S/C14H27NO2/c1-14(17-2)9-6-10-15(11-14)12-7-4-3-5-8-13(12)16/h12-13,16H,3-11H2,1-2H3. The fraction of sp³-hybridized carbons (Fsp3) is 1.00. The first-order valence-electron chi connectivity index (χ1n) is 7.12. The Morgan fingerprint density at radius 3 is 2.71 bits per heavy atom. The van der Waals surface area contributed by atoms with Crippen molar-refractivity contribution in [1.29, 1.82) is 0 Å². The lowest BCUT2D eigenvalue weighted by atomic mass is 9.91. The minimum Gasteiger partial charge on any atom is -0.391 e. The summed E-state index contributed by atoms with van der Waals surface area (Å²) >= 11 is 0. The second-order valence-electron chi connectivity index (χ2n) is 6.00. The van der Waals surface area contributed by atoms with Gasteiger partial charge in [-0.1, -0.05) is 19.3 Å². The predicted octanol–water partition coefficient (Wildman–Crippen LogP) is 2.18. The fourth-order valence-electron chi connectivity index (χ4n) is 3.39. The molecule has 1 N–H and O–H groups in total. The maximum atomic E-state index is 10.3. The Morgan fingerprint density at radius 1 is 1.18 bits per heavy atom. The summed E-state index contributed by atoms with van der Waals surface area (Å²) < 4.78 is 5.64. The van der Waals surface area contributed by atoms with Gasteiger partial charge < -0.3 is 9.84 Å². The molecule has 0 aromatic carbocycles. The topological polar surface area (TPSA) is 32.7 Å². The molecule has 0 aromatic rings. The van der Waals surface area contributed by atoms with Gasteiger partial charge in [0.1, 0.15) is 0 Å². The molecule has 3 heteroatoms. The highest BCUT2D eigenvalue weighted by Crippen LogP contribution is 2.30. The molecular weight excluding hydrogens is 214 g/mol. The van der Waals surface area contributed by atoms with Crippen molar-refractivity contribution < 1.29 is 9.84 Å². The van der Waals surface area contributed by atoms with Crippen molar-refractivity contribution in [2.24, 2.45) is 0 Å². The molecule has 3 unspecified atom stereocenters. The molecule has 0 aromatic heterocycles. The Hall–Kier alpha value is -0.120. The second kappa shape index (κ2) is 5.68. The van der Waals surface area contributed by atoms with Crippen molar-refractivity contribution in [2.45, 2.75) is 69.6 Å². The van der Waals surface area contributed by atoms with Gasteiger partial charge in [-0.3, -0.25) is 4.90 Å². The van der Waals surface area contributed by atoms with Gasteiger partial charge in [-0.15, -0.1) is 0 Å². The van der Waals surface area contributed by atoms with Gasteiger partial charge in [0.25, 0.3) is 0 Å². The molecule has 1 heterocycles. The van der Waals surface area contributed by atoms with Gasteiger partial charge in [-0.25, -0.2) is 0 Å². The average Bonchev–Trinajstić information content (AvgIpc) is 2.54. The Balaban J connectivity index is 2.00. The Kier molecular flexibility index (Phi) is 4.45. The van der Waals surface area contributed by atoms with Crippen LogP contribution in [0, 0.1) is 0 Å². The van der Waals surface area contributed by atoms with Crippen LogP contribution in [-0.4, -0.2) is 48.0 Å². The number of hydrogen-bond donors (Lipinski definition) is 1. The van der Waals surface area contributed by atoms with Crippen molar-refractivity contribution >= 4 is 0 Å². The van der Waals surface area contributed by atoms with E-state index in [-0.39, 0.29) is 11.7 Å². The second-order valence-corrected chi connectivity index (χ2v) is 6.00. The first-order chi connectivity index (χ1) is 8.14. The SMILES string of the molecule is COC1(C)CCCN(C2CCCCCC2O)C1. The molecule has 3 atom stereocenters. The summed E-state index contributed by atoms with van der Waals surface area (Å²) in [6.45, 7) is 4.30. The monoisotopic (exact) mass is 241 g/mol. The van der Waals surface area contributed by atoms with Crippen LogP contribution >= 0.6 is 0 Å². The number of methoxy groups -OCH3 is 1. The van der Waals surface area contributed by atoms with Crippen LogP contribution in [-0.2, 0) is 4.74 Å². The van der Waals surface area contributed by atoms with E-state index in [1.165, 1.54) is 25.7 Å². The van der Waals surface area contributed by atoms with Crippen molar-refractivity contribution in [3.8, 4) is 0 Å². The number of ether oxygens (including phenoxy) is 1. The lowest BCUT2D eigenvalue weighted by Crippen LogP contribution is -2.54. The van der Waals surface area contributed by atoms with Gasteiger partial charge in [0, 0.05) is 19.7 Å². The summed E-state index contributed by atoms with van der Waals surface area (Å²) in [5.41, 5.74) is -0.00965. The van der Waals surface area contributed by atoms with E-state index in [0.29, 0.717) is 6.04 Å². The molecule has 2 rings (SSSR count). The molecule has 1 aliphatic carbocycles. The predicted molar refractivity (Wildman–Crippen MR) is 69.1 cm³/mol. The summed E-state index contributed by atoms with van der Waals surface area (Å²) in [7, 11) is 1.81. The number of aliphatic hydroxyl groups excluding tert-OH is 1. The summed E-state index contributed by atoms with van der Waals surface area (Å²) in [5, 5.41) is 10.3. The van der Waals surface area contributed by atoms with Crippen LogP contribution in [0.1, 0.15) is 51.9 Å². The third kappa shape index (κ3) is 3.21. The molecule has 0 radical (unpaired) electrons. The smallest absolute Gasteiger partial charge is 0.0777 e. The maximum Gasteiger partial charge on any atom is 0.0777 e. The molecule has 3 nitrogen and oxygen atoms in total. The van der Waals surface area contributed by atoms with Crippen molar-refractivity contribution in [3.05, 3.63) is 0 Å². The van der Waals surface area contributed by atoms with Crippen LogP contribution in [0.3, 0.4) is 0 Å². The average molecular weight is 241 g/mol. The normalized spacial score (nSPS) is 41.1. The minimum absolute atomic E-state index is 0.00965. The van der Waals surface area contributed by atoms with Crippen LogP contribution < -0.4 is 0 Å². The fourth-order valence-corrected chi connectivity index (χ4v) is 3.39. The molecule has 1 saturated heterocycles. The molecule has 17 heavy (non-hydrogen) atoms. The van der Waals surface area contributed by atoms with Crippen molar-refractivity contribution in [1.82, 2.24) is 4.90 Å². The highest BCUT2D eigenvalue weighted by molar-refractivity contribution is 4.90. The van der Waals surface area contributed by atoms with Gasteiger partial charge >= 0.3 is 0 Å². The zero-order valence-electron chi connectivity index (χ0n) is 11.3. The van der Waals surface area contributed by atoms with Crippen LogP contribution in [0.2, 0.25) is 0 Å². The molecule has 2 fully saturated rings. The van der Waals surface area contributed by atoms with Crippen molar-refractivity contribution in [2.75, 3.05) is 20.2 Å². The van der Waals surface area contributed by atoms with E-state index in [2.05, 4.69) is 11.8 Å². The number of nitrogens with zero attached hydrogens (tertiary/aromatic N) is 1. The quantitative estimate of drug-likeness (QED) is 0.752. The number of likely N-dealkylation sites (tertiary alicyclic amines) is 1. The van der Waals surface area contributed by atoms with E-state index in [4.69, 9.17) is 4.74 Å². The summed E-state index contributed by atoms with van der Waals surface area (Å²) in [5.74, 6) is 0. The zero-order valence-corrected chi connectivity index (χ0v) is 11.3. The lowest BCUT2D eigenvalue weighted by Gasteiger charge is -2.44. The maximum absolute atomic E-state index is 10.3. The van der Waals surface area contributed by atoms with Gasteiger partial charge in [0.05, 0.1) is 11.7 Å². The highest BCUT2D eigenvalue weighted by atomic mass is 16.5.